The zero-order valence-corrected chi connectivity index (χ0v) is 10.2. The highest BCUT2D eigenvalue weighted by molar-refractivity contribution is 5.89. The molecule has 0 saturated carbocycles. The normalized spacial score (nSPS) is 20.6. The lowest BCUT2D eigenvalue weighted by Gasteiger charge is -2.15. The summed E-state index contributed by atoms with van der Waals surface area (Å²) in [4.78, 5) is 13.5. The van der Waals surface area contributed by atoms with Crippen LogP contribution in [0.25, 0.3) is 0 Å². The van der Waals surface area contributed by atoms with Gasteiger partial charge in [0.05, 0.1) is 5.56 Å². The van der Waals surface area contributed by atoms with E-state index in [0.717, 1.165) is 37.5 Å². The molecule has 3 nitrogen and oxygen atoms in total. The summed E-state index contributed by atoms with van der Waals surface area (Å²) in [7, 11) is 0. The quantitative estimate of drug-likeness (QED) is 0.867. The van der Waals surface area contributed by atoms with Crippen molar-refractivity contribution in [2.45, 2.75) is 19.8 Å². The van der Waals surface area contributed by atoms with E-state index in [1.807, 2.05) is 12.1 Å². The Labute approximate surface area is 102 Å². The van der Waals surface area contributed by atoms with Crippen molar-refractivity contribution in [3.63, 3.8) is 0 Å². The maximum Gasteiger partial charge on any atom is 0.335 e. The van der Waals surface area contributed by atoms with Gasteiger partial charge in [-0.1, -0.05) is 25.1 Å². The average molecular weight is 233 g/mol. The Balaban J connectivity index is 1.97. The van der Waals surface area contributed by atoms with Crippen molar-refractivity contribution in [1.82, 2.24) is 4.90 Å². The molecule has 3 heteroatoms. The van der Waals surface area contributed by atoms with Crippen molar-refractivity contribution in [1.29, 1.82) is 0 Å². The first-order valence-electron chi connectivity index (χ1n) is 6.20. The molecule has 2 rings (SSSR count). The predicted molar refractivity (Wildman–Crippen MR) is 67.3 cm³/mol. The minimum atomic E-state index is -0.824. The summed E-state index contributed by atoms with van der Waals surface area (Å²) >= 11 is 0. The van der Waals surface area contributed by atoms with E-state index in [-0.39, 0.29) is 0 Å². The van der Waals surface area contributed by atoms with E-state index in [2.05, 4.69) is 11.8 Å². The molecule has 1 aromatic carbocycles. The van der Waals surface area contributed by atoms with Crippen molar-refractivity contribution in [3.05, 3.63) is 35.4 Å². The third-order valence-corrected chi connectivity index (χ3v) is 3.45. The van der Waals surface area contributed by atoms with Crippen LogP contribution in [0.1, 0.15) is 29.3 Å². The fourth-order valence-corrected chi connectivity index (χ4v) is 2.45. The molecule has 1 N–H and O–H groups in total. The van der Waals surface area contributed by atoms with Crippen LogP contribution in [0.5, 0.6) is 0 Å². The fourth-order valence-electron chi connectivity index (χ4n) is 2.45. The molecule has 17 heavy (non-hydrogen) atoms. The Bertz CT molecular complexity index is 403. The van der Waals surface area contributed by atoms with Crippen molar-refractivity contribution in [2.24, 2.45) is 5.92 Å². The van der Waals surface area contributed by atoms with E-state index in [9.17, 15) is 4.79 Å². The summed E-state index contributed by atoms with van der Waals surface area (Å²) in [5.41, 5.74) is 1.39. The van der Waals surface area contributed by atoms with Crippen LogP contribution in [0.2, 0.25) is 0 Å². The molecule has 1 unspecified atom stereocenters. The van der Waals surface area contributed by atoms with Gasteiger partial charge in [-0.05, 0) is 36.9 Å². The van der Waals surface area contributed by atoms with E-state index in [0.29, 0.717) is 5.56 Å². The number of carbonyl (C=O) groups is 1. The second-order valence-electron chi connectivity index (χ2n) is 4.91. The molecule has 0 amide bonds. The molecule has 1 fully saturated rings. The number of hydrogen-bond donors (Lipinski definition) is 1. The highest BCUT2D eigenvalue weighted by atomic mass is 16.4. The molecular weight excluding hydrogens is 214 g/mol. The molecule has 1 heterocycles. The Morgan fingerprint density at radius 1 is 1.47 bits per heavy atom. The van der Waals surface area contributed by atoms with Gasteiger partial charge in [0.1, 0.15) is 0 Å². The number of carboxylic acid groups (broad SMARTS) is 1. The minimum Gasteiger partial charge on any atom is -0.478 e. The largest absolute Gasteiger partial charge is 0.478 e. The predicted octanol–water partition coefficient (Wildman–Crippen LogP) is 2.27. The molecule has 0 aliphatic carbocycles. The van der Waals surface area contributed by atoms with Crippen molar-refractivity contribution in [3.8, 4) is 0 Å². The van der Waals surface area contributed by atoms with Gasteiger partial charge in [-0.3, -0.25) is 0 Å². The van der Waals surface area contributed by atoms with E-state index in [1.165, 1.54) is 6.42 Å². The van der Waals surface area contributed by atoms with Crippen LogP contribution < -0.4 is 0 Å². The molecule has 0 aromatic heterocycles. The molecule has 1 aliphatic heterocycles. The first-order chi connectivity index (χ1) is 8.16. The summed E-state index contributed by atoms with van der Waals surface area (Å²) in [5, 5.41) is 9.09. The van der Waals surface area contributed by atoms with Gasteiger partial charge in [0.25, 0.3) is 0 Å². The standard InChI is InChI=1S/C14H19NO2/c1-11-6-8-15(10-11)9-7-12-4-2-3-5-13(12)14(16)17/h2-5,11H,6-10H2,1H3,(H,16,17). The van der Waals surface area contributed by atoms with Gasteiger partial charge in [-0.2, -0.15) is 0 Å². The highest BCUT2D eigenvalue weighted by Crippen LogP contribution is 2.16. The number of carboxylic acids is 1. The van der Waals surface area contributed by atoms with Crippen LogP contribution in [0.4, 0.5) is 0 Å². The number of rotatable bonds is 4. The first-order valence-corrected chi connectivity index (χ1v) is 6.20. The van der Waals surface area contributed by atoms with Gasteiger partial charge in [0, 0.05) is 13.1 Å². The molecular formula is C14H19NO2. The van der Waals surface area contributed by atoms with Crippen molar-refractivity contribution < 1.29 is 9.90 Å². The SMILES string of the molecule is CC1CCN(CCc2ccccc2C(=O)O)C1. The Morgan fingerprint density at radius 3 is 2.88 bits per heavy atom. The molecule has 1 aliphatic rings. The van der Waals surface area contributed by atoms with Crippen LogP contribution in [-0.2, 0) is 6.42 Å². The maximum atomic E-state index is 11.1. The monoisotopic (exact) mass is 233 g/mol. The zero-order chi connectivity index (χ0) is 12.3. The maximum absolute atomic E-state index is 11.1. The number of benzene rings is 1. The van der Waals surface area contributed by atoms with Gasteiger partial charge in [-0.25, -0.2) is 4.79 Å². The van der Waals surface area contributed by atoms with Crippen molar-refractivity contribution >= 4 is 5.97 Å². The molecule has 1 saturated heterocycles. The van der Waals surface area contributed by atoms with Crippen LogP contribution in [-0.4, -0.2) is 35.6 Å². The lowest BCUT2D eigenvalue weighted by atomic mass is 10.0. The number of aromatic carboxylic acids is 1. The van der Waals surface area contributed by atoms with Crippen LogP contribution in [0.15, 0.2) is 24.3 Å². The van der Waals surface area contributed by atoms with Gasteiger partial charge in [0.2, 0.25) is 0 Å². The van der Waals surface area contributed by atoms with Gasteiger partial charge in [-0.15, -0.1) is 0 Å². The van der Waals surface area contributed by atoms with Gasteiger partial charge >= 0.3 is 5.97 Å². The first kappa shape index (κ1) is 12.1. The average Bonchev–Trinajstić information content (AvgIpc) is 2.73. The number of nitrogens with zero attached hydrogens (tertiary/aromatic N) is 1. The minimum absolute atomic E-state index is 0.444. The molecule has 0 radical (unpaired) electrons. The lowest BCUT2D eigenvalue weighted by Crippen LogP contribution is -2.23. The fraction of sp³-hybridized carbons (Fsp3) is 0.500. The molecule has 0 spiro atoms. The van der Waals surface area contributed by atoms with Gasteiger partial charge in [0.15, 0.2) is 0 Å². The van der Waals surface area contributed by atoms with Crippen molar-refractivity contribution in [2.75, 3.05) is 19.6 Å². The summed E-state index contributed by atoms with van der Waals surface area (Å²) in [5.74, 6) is -0.0416. The van der Waals surface area contributed by atoms with Crippen LogP contribution in [0, 0.1) is 5.92 Å². The molecule has 0 bridgehead atoms. The Hall–Kier alpha value is -1.35. The van der Waals surface area contributed by atoms with E-state index in [4.69, 9.17) is 5.11 Å². The lowest BCUT2D eigenvalue weighted by molar-refractivity contribution is 0.0695. The summed E-state index contributed by atoms with van der Waals surface area (Å²) < 4.78 is 0. The van der Waals surface area contributed by atoms with E-state index in [1.54, 1.807) is 12.1 Å². The Kier molecular flexibility index (Phi) is 3.79. The van der Waals surface area contributed by atoms with E-state index < -0.39 is 5.97 Å². The third-order valence-electron chi connectivity index (χ3n) is 3.45. The highest BCUT2D eigenvalue weighted by Gasteiger charge is 2.18. The number of likely N-dealkylation sites (tertiary alicyclic amines) is 1. The molecule has 1 atom stereocenters. The topological polar surface area (TPSA) is 40.5 Å². The molecule has 1 aromatic rings. The molecule has 92 valence electrons. The number of hydrogen-bond acceptors (Lipinski definition) is 2. The Morgan fingerprint density at radius 2 is 2.24 bits per heavy atom. The second kappa shape index (κ2) is 5.32. The summed E-state index contributed by atoms with van der Waals surface area (Å²) in [6.07, 6.45) is 2.09. The van der Waals surface area contributed by atoms with Crippen LogP contribution in [0.3, 0.4) is 0 Å². The van der Waals surface area contributed by atoms with Gasteiger partial charge < -0.3 is 10.0 Å². The van der Waals surface area contributed by atoms with E-state index >= 15 is 0 Å². The second-order valence-corrected chi connectivity index (χ2v) is 4.91. The van der Waals surface area contributed by atoms with Crippen LogP contribution >= 0.6 is 0 Å². The zero-order valence-electron chi connectivity index (χ0n) is 10.2. The summed E-state index contributed by atoms with van der Waals surface area (Å²) in [6.45, 7) is 5.53. The smallest absolute Gasteiger partial charge is 0.335 e. The summed E-state index contributed by atoms with van der Waals surface area (Å²) in [6, 6.07) is 7.30. The third kappa shape index (κ3) is 3.07.